The van der Waals surface area contributed by atoms with Gasteiger partial charge < -0.3 is 26.1 Å². The smallest absolute Gasteiger partial charge is 0.352 e. The predicted molar refractivity (Wildman–Crippen MR) is 151 cm³/mol. The number of tetrazole rings is 1. The van der Waals surface area contributed by atoms with Crippen LogP contribution in [0.25, 0.3) is 0 Å². The maximum absolute atomic E-state index is 13.3. The number of nitrogen functional groups attached to an aromatic ring is 1. The van der Waals surface area contributed by atoms with Crippen LogP contribution in [0.2, 0.25) is 0 Å². The van der Waals surface area contributed by atoms with Crippen molar-refractivity contribution in [2.75, 3.05) is 17.2 Å². The molecule has 19 heteroatoms. The monoisotopic (exact) mass is 635 g/mol. The highest BCUT2D eigenvalue weighted by Crippen LogP contribution is 2.41. The van der Waals surface area contributed by atoms with Crippen LogP contribution in [0.15, 0.2) is 39.1 Å². The molecule has 42 heavy (non-hydrogen) atoms. The summed E-state index contributed by atoms with van der Waals surface area (Å²) in [6.07, 6.45) is 5.98. The van der Waals surface area contributed by atoms with Crippen LogP contribution in [0.3, 0.4) is 0 Å². The van der Waals surface area contributed by atoms with Crippen LogP contribution in [0.1, 0.15) is 31.4 Å². The van der Waals surface area contributed by atoms with Crippen molar-refractivity contribution in [3.8, 4) is 0 Å². The van der Waals surface area contributed by atoms with Gasteiger partial charge in [0.25, 0.3) is 11.8 Å². The molecule has 0 aromatic carbocycles. The molecule has 5 rings (SSSR count). The van der Waals surface area contributed by atoms with Crippen molar-refractivity contribution in [3.05, 3.63) is 34.5 Å². The molecule has 16 nitrogen and oxygen atoms in total. The zero-order chi connectivity index (χ0) is 29.8. The second kappa shape index (κ2) is 12.9. The van der Waals surface area contributed by atoms with E-state index in [1.165, 1.54) is 16.4 Å². The standard InChI is InChI=1S/C23H25N9O7S3/c24-22-25-13(10-41-22)15(28-39-12-4-2-1-3-5-12)18(35)26-16-19(36)32-17(21(37)38)11(8-40-20(16)32)9-42-23-27-29-30-31(23)7-6-14(33)34/h2,4,10,12,16,20H,1,3,5-9H2,(H2,24,25)(H,26,35)(H,33,34)(H,37,38)/b28-15-/t12?,16?,20-/m1/s1. The largest absolute Gasteiger partial charge is 0.481 e. The highest BCUT2D eigenvalue weighted by molar-refractivity contribution is 8.01. The van der Waals surface area contributed by atoms with Crippen molar-refractivity contribution in [2.24, 2.45) is 5.16 Å². The van der Waals surface area contributed by atoms with Gasteiger partial charge in [-0.1, -0.05) is 23.0 Å². The third-order valence-electron chi connectivity index (χ3n) is 6.42. The quantitative estimate of drug-likeness (QED) is 0.0821. The number of nitrogens with zero attached hydrogens (tertiary/aromatic N) is 7. The van der Waals surface area contributed by atoms with E-state index in [0.29, 0.717) is 10.7 Å². The lowest BCUT2D eigenvalue weighted by atomic mass is 10.0. The van der Waals surface area contributed by atoms with Gasteiger partial charge in [0.1, 0.15) is 28.9 Å². The topological polar surface area (TPSA) is 228 Å². The Balaban J connectivity index is 1.28. The van der Waals surface area contributed by atoms with Gasteiger partial charge in [-0.3, -0.25) is 19.3 Å². The van der Waals surface area contributed by atoms with Crippen molar-refractivity contribution in [2.45, 2.75) is 54.9 Å². The van der Waals surface area contributed by atoms with E-state index in [1.54, 1.807) is 5.38 Å². The number of carbonyl (C=O) groups excluding carboxylic acids is 2. The van der Waals surface area contributed by atoms with Gasteiger partial charge in [-0.15, -0.1) is 28.2 Å². The lowest BCUT2D eigenvalue weighted by Gasteiger charge is -2.49. The molecule has 2 aromatic heterocycles. The number of aryl methyl sites for hydroxylation is 1. The number of anilines is 1. The van der Waals surface area contributed by atoms with Crippen LogP contribution in [0.5, 0.6) is 0 Å². The Bertz CT molecular complexity index is 1490. The van der Waals surface area contributed by atoms with Gasteiger partial charge in [0.15, 0.2) is 10.8 Å². The van der Waals surface area contributed by atoms with Crippen LogP contribution in [0, 0.1) is 0 Å². The number of rotatable bonds is 12. The van der Waals surface area contributed by atoms with E-state index in [9.17, 15) is 24.3 Å². The number of carbonyl (C=O) groups is 4. The molecule has 4 heterocycles. The zero-order valence-electron chi connectivity index (χ0n) is 21.8. The first-order chi connectivity index (χ1) is 20.2. The molecule has 1 fully saturated rings. The third-order valence-corrected chi connectivity index (χ3v) is 9.47. The van der Waals surface area contributed by atoms with Crippen LogP contribution in [-0.2, 0) is 30.6 Å². The Hall–Kier alpha value is -3.97. The van der Waals surface area contributed by atoms with Crippen molar-refractivity contribution >= 4 is 69.5 Å². The number of amides is 2. The van der Waals surface area contributed by atoms with Gasteiger partial charge in [0, 0.05) is 16.9 Å². The van der Waals surface area contributed by atoms with Crippen LogP contribution in [0.4, 0.5) is 5.13 Å². The second-order valence-electron chi connectivity index (χ2n) is 9.25. The van der Waals surface area contributed by atoms with Gasteiger partial charge in [-0.25, -0.2) is 14.5 Å². The fraction of sp³-hybridized carbons (Fsp3) is 0.435. The maximum Gasteiger partial charge on any atom is 0.352 e. The Morgan fingerprint density at radius 2 is 2.14 bits per heavy atom. The Labute approximate surface area is 250 Å². The van der Waals surface area contributed by atoms with Crippen LogP contribution in [-0.4, -0.2) is 98.8 Å². The predicted octanol–water partition coefficient (Wildman–Crippen LogP) is 0.547. The van der Waals surface area contributed by atoms with E-state index in [1.807, 2.05) is 12.2 Å². The number of carboxylic acid groups (broad SMARTS) is 2. The number of aromatic nitrogens is 5. The number of nitrogens with two attached hydrogens (primary N) is 1. The van der Waals surface area contributed by atoms with E-state index >= 15 is 0 Å². The van der Waals surface area contributed by atoms with Crippen molar-refractivity contribution < 1.29 is 34.2 Å². The van der Waals surface area contributed by atoms with E-state index < -0.39 is 35.2 Å². The van der Waals surface area contributed by atoms with Gasteiger partial charge in [0.05, 0.1) is 13.0 Å². The fourth-order valence-corrected chi connectivity index (χ4v) is 7.32. The highest BCUT2D eigenvalue weighted by Gasteiger charge is 2.54. The highest BCUT2D eigenvalue weighted by atomic mass is 32.2. The number of β-lactam (4-membered cyclic amide) rings is 1. The molecule has 2 unspecified atom stereocenters. The molecule has 5 N–H and O–H groups in total. The van der Waals surface area contributed by atoms with Gasteiger partial charge in [-0.2, -0.15) is 0 Å². The summed E-state index contributed by atoms with van der Waals surface area (Å²) in [6.45, 7) is 0.0551. The van der Waals surface area contributed by atoms with E-state index in [-0.39, 0.29) is 52.8 Å². The summed E-state index contributed by atoms with van der Waals surface area (Å²) < 4.78 is 1.32. The summed E-state index contributed by atoms with van der Waals surface area (Å²) in [6, 6.07) is -0.995. The average molecular weight is 636 g/mol. The summed E-state index contributed by atoms with van der Waals surface area (Å²) in [5.41, 5.74) is 6.12. The molecule has 0 saturated carbocycles. The van der Waals surface area contributed by atoms with Crippen LogP contribution < -0.4 is 11.1 Å². The van der Waals surface area contributed by atoms with E-state index in [4.69, 9.17) is 15.7 Å². The molecule has 2 amide bonds. The van der Waals surface area contributed by atoms with Gasteiger partial charge in [0.2, 0.25) is 5.16 Å². The number of hydrogen-bond donors (Lipinski definition) is 4. The SMILES string of the molecule is Nc1nc(/C(=N/OC2C=CCCC2)C(=O)NC2C(=O)N3C(C(=O)O)=C(CSc4nnnn4CCC(=O)O)CS[C@H]23)cs1. The van der Waals surface area contributed by atoms with E-state index in [0.717, 1.165) is 47.3 Å². The molecular weight excluding hydrogens is 611 g/mol. The van der Waals surface area contributed by atoms with Crippen molar-refractivity contribution in [3.63, 3.8) is 0 Å². The molecule has 0 bridgehead atoms. The number of thioether (sulfide) groups is 2. The summed E-state index contributed by atoms with van der Waals surface area (Å²) in [4.78, 5) is 60.5. The fourth-order valence-electron chi connectivity index (χ4n) is 4.39. The summed E-state index contributed by atoms with van der Waals surface area (Å²) in [7, 11) is 0. The summed E-state index contributed by atoms with van der Waals surface area (Å²) >= 11 is 3.56. The number of nitrogens with one attached hydrogen (secondary N) is 1. The molecule has 1 aliphatic carbocycles. The Morgan fingerprint density at radius 1 is 1.31 bits per heavy atom. The van der Waals surface area contributed by atoms with Crippen molar-refractivity contribution in [1.29, 1.82) is 0 Å². The number of carboxylic acids is 2. The molecule has 3 atom stereocenters. The summed E-state index contributed by atoms with van der Waals surface area (Å²) in [5, 5.41) is 38.3. The number of oxime groups is 1. The first-order valence-electron chi connectivity index (χ1n) is 12.7. The molecule has 0 radical (unpaired) electrons. The molecule has 3 aliphatic rings. The first-order valence-corrected chi connectivity index (χ1v) is 15.6. The van der Waals surface area contributed by atoms with Gasteiger partial charge in [-0.05, 0) is 41.3 Å². The van der Waals surface area contributed by atoms with Gasteiger partial charge >= 0.3 is 11.9 Å². The summed E-state index contributed by atoms with van der Waals surface area (Å²) in [5.74, 6) is -3.15. The van der Waals surface area contributed by atoms with E-state index in [2.05, 4.69) is 31.0 Å². The first kappa shape index (κ1) is 29.5. The lowest BCUT2D eigenvalue weighted by Crippen LogP contribution is -2.71. The molecule has 2 aliphatic heterocycles. The molecule has 222 valence electrons. The zero-order valence-corrected chi connectivity index (χ0v) is 24.2. The average Bonchev–Trinajstić information content (AvgIpc) is 3.62. The lowest BCUT2D eigenvalue weighted by molar-refractivity contribution is -0.150. The maximum atomic E-state index is 13.3. The molecule has 1 saturated heterocycles. The van der Waals surface area contributed by atoms with Crippen molar-refractivity contribution in [1.82, 2.24) is 35.4 Å². The third kappa shape index (κ3) is 6.41. The Kier molecular flexibility index (Phi) is 9.07. The minimum Gasteiger partial charge on any atom is -0.481 e. The molecule has 0 spiro atoms. The minimum absolute atomic E-state index is 0.0551. The normalized spacial score (nSPS) is 22.0. The Morgan fingerprint density at radius 3 is 2.83 bits per heavy atom. The number of thiazole rings is 1. The molecular formula is C23H25N9O7S3. The van der Waals surface area contributed by atoms with Crippen LogP contribution >= 0.6 is 34.9 Å². The second-order valence-corrected chi connectivity index (χ2v) is 12.2. The minimum atomic E-state index is -1.28. The number of hydrogen-bond acceptors (Lipinski definition) is 14. The molecule has 2 aromatic rings. The number of allylic oxidation sites excluding steroid dienone is 1. The number of aliphatic carboxylic acids is 2. The number of fused-ring (bicyclic) bond motifs is 1.